The van der Waals surface area contributed by atoms with Crippen molar-refractivity contribution in [2.75, 3.05) is 5.33 Å². The van der Waals surface area contributed by atoms with Crippen LogP contribution in [-0.2, 0) is 9.53 Å². The molecule has 0 radical (unpaired) electrons. The Morgan fingerprint density at radius 3 is 2.06 bits per heavy atom. The summed E-state index contributed by atoms with van der Waals surface area (Å²) in [4.78, 5) is 11.4. The predicted molar refractivity (Wildman–Crippen MR) is 58.6 cm³/mol. The minimum Gasteiger partial charge on any atom is -0.459 e. The standard InChI is InChI=1S/C9H15BrF3NO3/c1-7(2,3)17-6(15)5(14)8(16,4-10)9(11,12)13/h5,16H,4,14H2,1-3H3/t5-,8-/m1/s1. The molecule has 0 heterocycles. The second-order valence-corrected chi connectivity index (χ2v) is 5.13. The molecule has 0 aromatic carbocycles. The fourth-order valence-electron chi connectivity index (χ4n) is 0.895. The lowest BCUT2D eigenvalue weighted by atomic mass is 9.96. The Labute approximate surface area is 105 Å². The van der Waals surface area contributed by atoms with Crippen LogP contribution >= 0.6 is 15.9 Å². The zero-order chi connectivity index (χ0) is 14.1. The van der Waals surface area contributed by atoms with Gasteiger partial charge in [-0.25, -0.2) is 0 Å². The molecule has 4 nitrogen and oxygen atoms in total. The van der Waals surface area contributed by atoms with E-state index in [1.165, 1.54) is 20.8 Å². The first-order valence-electron chi connectivity index (χ1n) is 4.68. The van der Waals surface area contributed by atoms with Crippen molar-refractivity contribution in [1.82, 2.24) is 0 Å². The van der Waals surface area contributed by atoms with E-state index in [1.807, 2.05) is 0 Å². The summed E-state index contributed by atoms with van der Waals surface area (Å²) in [6.07, 6.45) is -5.03. The number of ether oxygens (including phenoxy) is 1. The van der Waals surface area contributed by atoms with Crippen molar-refractivity contribution in [3.63, 3.8) is 0 Å². The van der Waals surface area contributed by atoms with Crippen molar-refractivity contribution in [1.29, 1.82) is 0 Å². The zero-order valence-electron chi connectivity index (χ0n) is 9.64. The molecule has 0 amide bonds. The average Bonchev–Trinajstić information content (AvgIpc) is 2.10. The van der Waals surface area contributed by atoms with Gasteiger partial charge in [0.25, 0.3) is 0 Å². The number of nitrogens with two attached hydrogens (primary N) is 1. The predicted octanol–water partition coefficient (Wildman–Crippen LogP) is 1.34. The Kier molecular flexibility index (Phi) is 5.01. The molecule has 8 heteroatoms. The number of alkyl halides is 4. The molecule has 0 bridgehead atoms. The van der Waals surface area contributed by atoms with Gasteiger partial charge in [-0.3, -0.25) is 4.79 Å². The summed E-state index contributed by atoms with van der Waals surface area (Å²) in [5.74, 6) is -1.31. The highest BCUT2D eigenvalue weighted by molar-refractivity contribution is 9.09. The highest BCUT2D eigenvalue weighted by Crippen LogP contribution is 2.34. The topological polar surface area (TPSA) is 72.5 Å². The number of rotatable bonds is 3. The Balaban J connectivity index is 5.01. The van der Waals surface area contributed by atoms with E-state index < -0.39 is 34.7 Å². The maximum absolute atomic E-state index is 12.6. The Hall–Kier alpha value is -0.340. The summed E-state index contributed by atoms with van der Waals surface area (Å²) in [5.41, 5.74) is 0.795. The minimum atomic E-state index is -5.03. The fraction of sp³-hybridized carbons (Fsp3) is 0.889. The van der Waals surface area contributed by atoms with Gasteiger partial charge in [-0.05, 0) is 20.8 Å². The van der Waals surface area contributed by atoms with Crippen molar-refractivity contribution >= 4 is 21.9 Å². The van der Waals surface area contributed by atoms with Crippen LogP contribution in [-0.4, -0.2) is 39.8 Å². The molecule has 0 saturated carbocycles. The van der Waals surface area contributed by atoms with Gasteiger partial charge in [-0.15, -0.1) is 0 Å². The number of aliphatic hydroxyl groups is 1. The highest BCUT2D eigenvalue weighted by Gasteiger charge is 2.59. The van der Waals surface area contributed by atoms with Crippen LogP contribution in [0.2, 0.25) is 0 Å². The van der Waals surface area contributed by atoms with E-state index in [2.05, 4.69) is 15.9 Å². The lowest BCUT2D eigenvalue weighted by Crippen LogP contribution is -2.63. The largest absolute Gasteiger partial charge is 0.459 e. The molecule has 0 aromatic rings. The lowest BCUT2D eigenvalue weighted by Gasteiger charge is -2.34. The number of esters is 1. The van der Waals surface area contributed by atoms with Crippen LogP contribution in [0, 0.1) is 0 Å². The van der Waals surface area contributed by atoms with Gasteiger partial charge in [0, 0.05) is 5.33 Å². The molecule has 0 spiro atoms. The molecule has 0 rings (SSSR count). The summed E-state index contributed by atoms with van der Waals surface area (Å²) in [6.45, 7) is 4.45. The van der Waals surface area contributed by atoms with Gasteiger partial charge in [0.2, 0.25) is 0 Å². The van der Waals surface area contributed by atoms with Crippen LogP contribution < -0.4 is 5.73 Å². The SMILES string of the molecule is CC(C)(C)OC(=O)[C@@H](N)[C@](O)(CBr)C(F)(F)F. The first kappa shape index (κ1) is 16.7. The summed E-state index contributed by atoms with van der Waals surface area (Å²) in [7, 11) is 0. The van der Waals surface area contributed by atoms with Gasteiger partial charge in [-0.1, -0.05) is 15.9 Å². The van der Waals surface area contributed by atoms with E-state index in [4.69, 9.17) is 10.5 Å². The van der Waals surface area contributed by atoms with Crippen molar-refractivity contribution in [3.8, 4) is 0 Å². The van der Waals surface area contributed by atoms with E-state index in [9.17, 15) is 23.1 Å². The fourth-order valence-corrected chi connectivity index (χ4v) is 1.56. The maximum atomic E-state index is 12.6. The van der Waals surface area contributed by atoms with Gasteiger partial charge >= 0.3 is 12.1 Å². The molecule has 0 unspecified atom stereocenters. The van der Waals surface area contributed by atoms with E-state index >= 15 is 0 Å². The smallest absolute Gasteiger partial charge is 0.420 e. The quantitative estimate of drug-likeness (QED) is 0.608. The van der Waals surface area contributed by atoms with Gasteiger partial charge in [0.15, 0.2) is 5.60 Å². The number of carbonyl (C=O) groups is 1. The first-order chi connectivity index (χ1) is 7.35. The Bertz CT molecular complexity index is 290. The van der Waals surface area contributed by atoms with Crippen molar-refractivity contribution in [2.45, 2.75) is 44.2 Å². The molecule has 102 valence electrons. The molecular formula is C9H15BrF3NO3. The van der Waals surface area contributed by atoms with Crippen molar-refractivity contribution in [2.24, 2.45) is 5.73 Å². The van der Waals surface area contributed by atoms with E-state index in [0.29, 0.717) is 0 Å². The van der Waals surface area contributed by atoms with Crippen LogP contribution in [0.25, 0.3) is 0 Å². The monoisotopic (exact) mass is 321 g/mol. The Morgan fingerprint density at radius 2 is 1.82 bits per heavy atom. The molecule has 3 N–H and O–H groups in total. The normalized spacial score (nSPS) is 18.4. The van der Waals surface area contributed by atoms with Crippen LogP contribution in [0.1, 0.15) is 20.8 Å². The number of hydrogen-bond acceptors (Lipinski definition) is 4. The average molecular weight is 322 g/mol. The van der Waals surface area contributed by atoms with E-state index in [1.54, 1.807) is 0 Å². The number of hydrogen-bond donors (Lipinski definition) is 2. The third-order valence-corrected chi connectivity index (χ3v) is 2.72. The second-order valence-electron chi connectivity index (χ2n) is 4.57. The van der Waals surface area contributed by atoms with Gasteiger partial charge in [0.1, 0.15) is 11.6 Å². The summed E-state index contributed by atoms with van der Waals surface area (Å²) < 4.78 is 42.4. The Morgan fingerprint density at radius 1 is 1.41 bits per heavy atom. The molecule has 2 atom stereocenters. The van der Waals surface area contributed by atoms with E-state index in [-0.39, 0.29) is 0 Å². The molecule has 0 saturated heterocycles. The first-order valence-corrected chi connectivity index (χ1v) is 5.81. The molecule has 0 aromatic heterocycles. The molecule has 0 aliphatic carbocycles. The van der Waals surface area contributed by atoms with Crippen LogP contribution in [0.5, 0.6) is 0 Å². The van der Waals surface area contributed by atoms with Gasteiger partial charge in [-0.2, -0.15) is 13.2 Å². The van der Waals surface area contributed by atoms with Gasteiger partial charge in [0.05, 0.1) is 0 Å². The molecule has 17 heavy (non-hydrogen) atoms. The third kappa shape index (κ3) is 4.11. The summed E-state index contributed by atoms with van der Waals surface area (Å²) in [6, 6.07) is -2.21. The second kappa shape index (κ2) is 5.11. The van der Waals surface area contributed by atoms with Gasteiger partial charge < -0.3 is 15.6 Å². The minimum absolute atomic E-state index is 0.913. The molecule has 0 fully saturated rings. The van der Waals surface area contributed by atoms with Crippen LogP contribution in [0.3, 0.4) is 0 Å². The highest BCUT2D eigenvalue weighted by atomic mass is 79.9. The number of halogens is 4. The molecule has 0 aliphatic heterocycles. The molecular weight excluding hydrogens is 307 g/mol. The molecule has 0 aliphatic rings. The third-order valence-electron chi connectivity index (χ3n) is 1.87. The number of carbonyl (C=O) groups excluding carboxylic acids is 1. The summed E-state index contributed by atoms with van der Waals surface area (Å²) in [5, 5.41) is 8.48. The van der Waals surface area contributed by atoms with Crippen LogP contribution in [0.15, 0.2) is 0 Å². The van der Waals surface area contributed by atoms with Crippen molar-refractivity contribution in [3.05, 3.63) is 0 Å². The van der Waals surface area contributed by atoms with Crippen molar-refractivity contribution < 1.29 is 27.8 Å². The summed E-state index contributed by atoms with van der Waals surface area (Å²) >= 11 is 2.50. The van der Waals surface area contributed by atoms with Crippen LogP contribution in [0.4, 0.5) is 13.2 Å². The van der Waals surface area contributed by atoms with E-state index in [0.717, 1.165) is 0 Å². The zero-order valence-corrected chi connectivity index (χ0v) is 11.2. The lowest BCUT2D eigenvalue weighted by molar-refractivity contribution is -0.259. The maximum Gasteiger partial charge on any atom is 0.420 e.